The molecule has 1 aliphatic heterocycles. The van der Waals surface area contributed by atoms with Gasteiger partial charge in [0, 0.05) is 26.2 Å². The van der Waals surface area contributed by atoms with Gasteiger partial charge in [0.15, 0.2) is 0 Å². The second kappa shape index (κ2) is 5.67. The molecule has 0 aliphatic carbocycles. The fourth-order valence-corrected chi connectivity index (χ4v) is 2.31. The third-order valence-corrected chi connectivity index (χ3v) is 3.41. The lowest BCUT2D eigenvalue weighted by molar-refractivity contribution is 0.116. The number of ether oxygens (including phenoxy) is 1. The van der Waals surface area contributed by atoms with Crippen LogP contribution in [0.3, 0.4) is 0 Å². The van der Waals surface area contributed by atoms with Gasteiger partial charge in [-0.2, -0.15) is 0 Å². The van der Waals surface area contributed by atoms with Crippen molar-refractivity contribution in [1.82, 2.24) is 0 Å². The quantitative estimate of drug-likeness (QED) is 0.894. The van der Waals surface area contributed by atoms with Gasteiger partial charge in [0.25, 0.3) is 0 Å². The highest BCUT2D eigenvalue weighted by Crippen LogP contribution is 2.23. The predicted octanol–water partition coefficient (Wildman–Crippen LogP) is 2.46. The number of halogens is 1. The van der Waals surface area contributed by atoms with Crippen LogP contribution in [0.5, 0.6) is 0 Å². The minimum absolute atomic E-state index is 0.142. The van der Waals surface area contributed by atoms with E-state index in [0.29, 0.717) is 5.69 Å². The highest BCUT2D eigenvalue weighted by molar-refractivity contribution is 5.49. The Kier molecular flexibility index (Phi) is 4.19. The zero-order valence-corrected chi connectivity index (χ0v) is 11.0. The van der Waals surface area contributed by atoms with E-state index in [2.05, 4.69) is 0 Å². The van der Waals surface area contributed by atoms with E-state index in [1.807, 2.05) is 24.9 Å². The van der Waals surface area contributed by atoms with Gasteiger partial charge in [-0.1, -0.05) is 6.07 Å². The molecule has 4 heteroatoms. The van der Waals surface area contributed by atoms with Crippen LogP contribution >= 0.6 is 0 Å². The maximum absolute atomic E-state index is 14.0. The summed E-state index contributed by atoms with van der Waals surface area (Å²) in [5.74, 6) is -0.217. The van der Waals surface area contributed by atoms with E-state index in [1.54, 1.807) is 6.07 Å². The Morgan fingerprint density at radius 2 is 2.33 bits per heavy atom. The molecular formula is C14H21FN2O. The summed E-state index contributed by atoms with van der Waals surface area (Å²) in [6.45, 7) is 3.41. The Morgan fingerprint density at radius 3 is 2.89 bits per heavy atom. The SMILES string of the molecule is C[C@@H](N)c1ccc(N(C)CC2CCCO2)c(F)c1. The van der Waals surface area contributed by atoms with Gasteiger partial charge in [0.05, 0.1) is 11.8 Å². The first-order valence-electron chi connectivity index (χ1n) is 6.45. The zero-order valence-electron chi connectivity index (χ0n) is 11.0. The van der Waals surface area contributed by atoms with Crippen LogP contribution in [0.25, 0.3) is 0 Å². The molecule has 0 saturated carbocycles. The smallest absolute Gasteiger partial charge is 0.146 e. The molecule has 1 aromatic carbocycles. The van der Waals surface area contributed by atoms with Crippen LogP contribution in [-0.2, 0) is 4.74 Å². The van der Waals surface area contributed by atoms with Crippen LogP contribution < -0.4 is 10.6 Å². The van der Waals surface area contributed by atoms with Crippen LogP contribution in [-0.4, -0.2) is 26.3 Å². The Labute approximate surface area is 108 Å². The fraction of sp³-hybridized carbons (Fsp3) is 0.571. The molecule has 18 heavy (non-hydrogen) atoms. The monoisotopic (exact) mass is 252 g/mol. The minimum atomic E-state index is -0.217. The topological polar surface area (TPSA) is 38.5 Å². The van der Waals surface area contributed by atoms with Crippen molar-refractivity contribution in [3.63, 3.8) is 0 Å². The highest BCUT2D eigenvalue weighted by atomic mass is 19.1. The maximum atomic E-state index is 14.0. The predicted molar refractivity (Wildman–Crippen MR) is 71.2 cm³/mol. The van der Waals surface area contributed by atoms with Crippen molar-refractivity contribution in [3.05, 3.63) is 29.6 Å². The molecule has 0 amide bonds. The van der Waals surface area contributed by atoms with E-state index < -0.39 is 0 Å². The number of hydrogen-bond acceptors (Lipinski definition) is 3. The van der Waals surface area contributed by atoms with Crippen LogP contribution in [0.1, 0.15) is 31.4 Å². The molecule has 1 saturated heterocycles. The first kappa shape index (κ1) is 13.3. The van der Waals surface area contributed by atoms with Gasteiger partial charge in [-0.3, -0.25) is 0 Å². The van der Waals surface area contributed by atoms with Gasteiger partial charge in [-0.25, -0.2) is 4.39 Å². The Morgan fingerprint density at radius 1 is 1.56 bits per heavy atom. The van der Waals surface area contributed by atoms with Crippen LogP contribution in [0.4, 0.5) is 10.1 Å². The van der Waals surface area contributed by atoms with Crippen molar-refractivity contribution >= 4 is 5.69 Å². The van der Waals surface area contributed by atoms with Crippen LogP contribution in [0.2, 0.25) is 0 Å². The summed E-state index contributed by atoms with van der Waals surface area (Å²) in [6.07, 6.45) is 2.39. The van der Waals surface area contributed by atoms with Gasteiger partial charge in [0.2, 0.25) is 0 Å². The molecule has 0 aromatic heterocycles. The van der Waals surface area contributed by atoms with E-state index in [-0.39, 0.29) is 18.0 Å². The summed E-state index contributed by atoms with van der Waals surface area (Å²) in [6, 6.07) is 5.06. The van der Waals surface area contributed by atoms with Gasteiger partial charge in [-0.15, -0.1) is 0 Å². The van der Waals surface area contributed by atoms with Crippen molar-refractivity contribution in [2.24, 2.45) is 5.73 Å². The first-order valence-corrected chi connectivity index (χ1v) is 6.45. The van der Waals surface area contributed by atoms with Crippen LogP contribution in [0, 0.1) is 5.82 Å². The molecule has 1 aromatic rings. The minimum Gasteiger partial charge on any atom is -0.376 e. The first-order chi connectivity index (χ1) is 8.58. The van der Waals surface area contributed by atoms with E-state index in [4.69, 9.17) is 10.5 Å². The summed E-state index contributed by atoms with van der Waals surface area (Å²) in [4.78, 5) is 1.91. The van der Waals surface area contributed by atoms with Crippen molar-refractivity contribution in [2.45, 2.75) is 31.9 Å². The molecule has 0 radical (unpaired) electrons. The second-order valence-corrected chi connectivity index (χ2v) is 5.02. The largest absolute Gasteiger partial charge is 0.376 e. The van der Waals surface area contributed by atoms with Crippen molar-refractivity contribution in [2.75, 3.05) is 25.1 Å². The van der Waals surface area contributed by atoms with Gasteiger partial charge in [0.1, 0.15) is 5.82 Å². The second-order valence-electron chi connectivity index (χ2n) is 5.02. The van der Waals surface area contributed by atoms with Crippen molar-refractivity contribution < 1.29 is 9.13 Å². The molecule has 3 nitrogen and oxygen atoms in total. The summed E-state index contributed by atoms with van der Waals surface area (Å²) >= 11 is 0. The third-order valence-electron chi connectivity index (χ3n) is 3.41. The molecule has 1 aliphatic rings. The standard InChI is InChI=1S/C14H21FN2O/c1-10(16)11-5-6-14(13(15)8-11)17(2)9-12-4-3-7-18-12/h5-6,8,10,12H,3-4,7,9,16H2,1-2H3/t10-,12?/m1/s1. The maximum Gasteiger partial charge on any atom is 0.146 e. The third kappa shape index (κ3) is 3.00. The Balaban J connectivity index is 2.07. The number of nitrogens with zero attached hydrogens (tertiary/aromatic N) is 1. The van der Waals surface area contributed by atoms with Crippen molar-refractivity contribution in [1.29, 1.82) is 0 Å². The Bertz CT molecular complexity index is 403. The number of rotatable bonds is 4. The summed E-state index contributed by atoms with van der Waals surface area (Å²) < 4.78 is 19.6. The lowest BCUT2D eigenvalue weighted by Crippen LogP contribution is -2.29. The molecular weight excluding hydrogens is 231 g/mol. The number of nitrogens with two attached hydrogens (primary N) is 1. The fourth-order valence-electron chi connectivity index (χ4n) is 2.31. The molecule has 1 unspecified atom stereocenters. The lowest BCUT2D eigenvalue weighted by atomic mass is 10.1. The summed E-state index contributed by atoms with van der Waals surface area (Å²) in [7, 11) is 1.89. The van der Waals surface area contributed by atoms with E-state index in [9.17, 15) is 4.39 Å². The highest BCUT2D eigenvalue weighted by Gasteiger charge is 2.19. The van der Waals surface area contributed by atoms with E-state index in [1.165, 1.54) is 6.07 Å². The molecule has 1 fully saturated rings. The average molecular weight is 252 g/mol. The molecule has 0 bridgehead atoms. The average Bonchev–Trinajstić information content (AvgIpc) is 2.81. The molecule has 2 atom stereocenters. The summed E-state index contributed by atoms with van der Waals surface area (Å²) in [5, 5.41) is 0. The van der Waals surface area contributed by atoms with E-state index >= 15 is 0 Å². The number of likely N-dealkylation sites (N-methyl/N-ethyl adjacent to an activating group) is 1. The van der Waals surface area contributed by atoms with Gasteiger partial charge >= 0.3 is 0 Å². The lowest BCUT2D eigenvalue weighted by Gasteiger charge is -2.23. The van der Waals surface area contributed by atoms with Gasteiger partial charge in [-0.05, 0) is 37.5 Å². The molecule has 0 spiro atoms. The number of anilines is 1. The number of benzene rings is 1. The summed E-state index contributed by atoms with van der Waals surface area (Å²) in [5.41, 5.74) is 7.17. The van der Waals surface area contributed by atoms with Crippen LogP contribution in [0.15, 0.2) is 18.2 Å². The van der Waals surface area contributed by atoms with Gasteiger partial charge < -0.3 is 15.4 Å². The molecule has 2 N–H and O–H groups in total. The zero-order chi connectivity index (χ0) is 13.1. The van der Waals surface area contributed by atoms with E-state index in [0.717, 1.165) is 31.6 Å². The molecule has 100 valence electrons. The molecule has 2 rings (SSSR count). The Hall–Kier alpha value is -1.13. The normalized spacial score (nSPS) is 21.0. The van der Waals surface area contributed by atoms with Crippen molar-refractivity contribution in [3.8, 4) is 0 Å². The molecule has 1 heterocycles. The number of hydrogen-bond donors (Lipinski definition) is 1.